The Bertz CT molecular complexity index is 806. The van der Waals surface area contributed by atoms with E-state index in [0.717, 1.165) is 16.8 Å². The predicted molar refractivity (Wildman–Crippen MR) is 121 cm³/mol. The maximum Gasteiger partial charge on any atom is 0.0218 e. The summed E-state index contributed by atoms with van der Waals surface area (Å²) in [6.45, 7) is 11.5. The lowest BCUT2D eigenvalue weighted by molar-refractivity contribution is 0.404. The molecule has 0 heterocycles. The highest BCUT2D eigenvalue weighted by atomic mass is 79.9. The minimum Gasteiger partial charge on any atom is -0.0949 e. The average Bonchev–Trinajstić information content (AvgIpc) is 2.75. The molecule has 0 N–H and O–H groups in total. The topological polar surface area (TPSA) is 0 Å². The van der Waals surface area contributed by atoms with E-state index in [9.17, 15) is 0 Å². The molecule has 0 amide bonds. The molecule has 0 fully saturated rings. The highest BCUT2D eigenvalue weighted by Crippen LogP contribution is 2.44. The third kappa shape index (κ3) is 4.17. The number of halogens is 2. The van der Waals surface area contributed by atoms with Crippen molar-refractivity contribution in [2.45, 2.75) is 52.4 Å². The second-order valence-corrected chi connectivity index (χ2v) is 9.64. The summed E-state index contributed by atoms with van der Waals surface area (Å²) in [5.74, 6) is 1.81. The van der Waals surface area contributed by atoms with Crippen LogP contribution < -0.4 is 0 Å². The van der Waals surface area contributed by atoms with E-state index in [2.05, 4.69) is 95.6 Å². The van der Waals surface area contributed by atoms with Gasteiger partial charge in [-0.25, -0.2) is 0 Å². The number of rotatable bonds is 4. The zero-order valence-corrected chi connectivity index (χ0v) is 19.2. The Morgan fingerprint density at radius 2 is 1.92 bits per heavy atom. The first-order valence-electron chi connectivity index (χ1n) is 9.63. The van der Waals surface area contributed by atoms with Crippen molar-refractivity contribution in [2.75, 3.05) is 0 Å². The van der Waals surface area contributed by atoms with Gasteiger partial charge in [-0.2, -0.15) is 0 Å². The predicted octanol–water partition coefficient (Wildman–Crippen LogP) is 8.32. The van der Waals surface area contributed by atoms with Gasteiger partial charge in [0.15, 0.2) is 0 Å². The van der Waals surface area contributed by atoms with Gasteiger partial charge in [-0.15, -0.1) is 0 Å². The Morgan fingerprint density at radius 1 is 1.19 bits per heavy atom. The third-order valence-corrected chi connectivity index (χ3v) is 7.35. The first kappa shape index (κ1) is 19.9. The van der Waals surface area contributed by atoms with Gasteiger partial charge in [0.25, 0.3) is 0 Å². The molecule has 26 heavy (non-hydrogen) atoms. The van der Waals surface area contributed by atoms with Crippen molar-refractivity contribution in [2.24, 2.45) is 11.8 Å². The Morgan fingerprint density at radius 3 is 2.65 bits per heavy atom. The highest BCUT2D eigenvalue weighted by molar-refractivity contribution is 9.11. The van der Waals surface area contributed by atoms with Crippen molar-refractivity contribution in [3.8, 4) is 0 Å². The molecule has 2 aromatic carbocycles. The molecule has 0 aromatic heterocycles. The van der Waals surface area contributed by atoms with Crippen LogP contribution in [0, 0.1) is 18.8 Å². The Balaban J connectivity index is 2.05. The standard InChI is InChI=1S/C24H28Br2/c1-5-15(2)10-19-12-20(23-13-21(25)14-24(26)17(23)4)11-18-8-6-7-9-22(18)16(19)3/h6-9,13-15,19-20H,3,5,10-12H2,1-2,4H3. The second-order valence-electron chi connectivity index (χ2n) is 7.87. The van der Waals surface area contributed by atoms with Crippen molar-refractivity contribution in [1.82, 2.24) is 0 Å². The number of hydrogen-bond acceptors (Lipinski definition) is 0. The first-order chi connectivity index (χ1) is 12.4. The lowest BCUT2D eigenvalue weighted by Crippen LogP contribution is -2.12. The fraction of sp³-hybridized carbons (Fsp3) is 0.417. The number of allylic oxidation sites excluding steroid dienone is 1. The molecule has 2 heteroatoms. The molecule has 0 saturated heterocycles. The maximum atomic E-state index is 4.55. The van der Waals surface area contributed by atoms with Crippen LogP contribution >= 0.6 is 31.9 Å². The van der Waals surface area contributed by atoms with Gasteiger partial charge in [-0.05, 0) is 83.9 Å². The van der Waals surface area contributed by atoms with Gasteiger partial charge >= 0.3 is 0 Å². The molecule has 2 aromatic rings. The van der Waals surface area contributed by atoms with Crippen molar-refractivity contribution in [1.29, 1.82) is 0 Å². The largest absolute Gasteiger partial charge is 0.0949 e. The zero-order valence-electron chi connectivity index (χ0n) is 16.0. The summed E-state index contributed by atoms with van der Waals surface area (Å²) >= 11 is 7.44. The normalized spacial score (nSPS) is 21.2. The number of hydrogen-bond donors (Lipinski definition) is 0. The zero-order chi connectivity index (χ0) is 18.8. The van der Waals surface area contributed by atoms with Gasteiger partial charge in [0.1, 0.15) is 0 Å². The van der Waals surface area contributed by atoms with Gasteiger partial charge in [-0.3, -0.25) is 0 Å². The van der Waals surface area contributed by atoms with E-state index >= 15 is 0 Å². The van der Waals surface area contributed by atoms with Crippen molar-refractivity contribution < 1.29 is 0 Å². The Labute approximate surface area is 175 Å². The van der Waals surface area contributed by atoms with E-state index in [1.54, 1.807) is 0 Å². The SMILES string of the molecule is C=C1c2ccccc2CC(c2cc(Br)cc(Br)c2C)CC1CC(C)CC. The summed E-state index contributed by atoms with van der Waals surface area (Å²) in [6.07, 6.45) is 4.74. The van der Waals surface area contributed by atoms with E-state index in [-0.39, 0.29) is 0 Å². The average molecular weight is 476 g/mol. The van der Waals surface area contributed by atoms with E-state index in [1.807, 2.05) is 0 Å². The molecule has 3 atom stereocenters. The van der Waals surface area contributed by atoms with E-state index < -0.39 is 0 Å². The fourth-order valence-corrected chi connectivity index (χ4v) is 5.54. The van der Waals surface area contributed by atoms with Crippen LogP contribution in [0.3, 0.4) is 0 Å². The van der Waals surface area contributed by atoms with Gasteiger partial charge in [-0.1, -0.05) is 83.0 Å². The molecule has 0 saturated carbocycles. The smallest absolute Gasteiger partial charge is 0.0218 e. The third-order valence-electron chi connectivity index (χ3n) is 6.06. The number of fused-ring (bicyclic) bond motifs is 1. The van der Waals surface area contributed by atoms with Gasteiger partial charge < -0.3 is 0 Å². The number of benzene rings is 2. The summed E-state index contributed by atoms with van der Waals surface area (Å²) in [5, 5.41) is 0. The molecular weight excluding hydrogens is 448 g/mol. The highest BCUT2D eigenvalue weighted by Gasteiger charge is 2.29. The van der Waals surface area contributed by atoms with Crippen LogP contribution in [-0.4, -0.2) is 0 Å². The molecule has 3 rings (SSSR count). The van der Waals surface area contributed by atoms with Crippen LogP contribution in [0.4, 0.5) is 0 Å². The summed E-state index contributed by atoms with van der Waals surface area (Å²) < 4.78 is 2.34. The van der Waals surface area contributed by atoms with Crippen LogP contribution in [0.1, 0.15) is 61.3 Å². The molecule has 0 nitrogen and oxygen atoms in total. The lowest BCUT2D eigenvalue weighted by Gasteiger charge is -2.25. The minimum absolute atomic E-state index is 0.526. The summed E-state index contributed by atoms with van der Waals surface area (Å²) in [7, 11) is 0. The van der Waals surface area contributed by atoms with Crippen LogP contribution in [0.15, 0.2) is 51.9 Å². The maximum absolute atomic E-state index is 4.55. The summed E-state index contributed by atoms with van der Waals surface area (Å²) in [6, 6.07) is 13.4. The van der Waals surface area contributed by atoms with Crippen molar-refractivity contribution in [3.63, 3.8) is 0 Å². The van der Waals surface area contributed by atoms with Gasteiger partial charge in [0.2, 0.25) is 0 Å². The second kappa shape index (κ2) is 8.44. The molecule has 3 unspecified atom stereocenters. The molecule has 1 aliphatic rings. The molecule has 0 bridgehead atoms. The molecule has 1 aliphatic carbocycles. The van der Waals surface area contributed by atoms with Crippen LogP contribution in [-0.2, 0) is 6.42 Å². The van der Waals surface area contributed by atoms with Crippen molar-refractivity contribution in [3.05, 3.63) is 74.2 Å². The Kier molecular flexibility index (Phi) is 6.45. The van der Waals surface area contributed by atoms with Crippen molar-refractivity contribution >= 4 is 37.4 Å². The fourth-order valence-electron chi connectivity index (χ4n) is 4.28. The van der Waals surface area contributed by atoms with E-state index in [1.165, 1.54) is 51.6 Å². The molecule has 0 aliphatic heterocycles. The molecule has 0 radical (unpaired) electrons. The van der Waals surface area contributed by atoms with Gasteiger partial charge in [0.05, 0.1) is 0 Å². The quantitative estimate of drug-likeness (QED) is 0.390. The van der Waals surface area contributed by atoms with E-state index in [0.29, 0.717) is 11.8 Å². The lowest BCUT2D eigenvalue weighted by atomic mass is 9.80. The van der Waals surface area contributed by atoms with Crippen LogP contribution in [0.25, 0.3) is 5.57 Å². The van der Waals surface area contributed by atoms with E-state index in [4.69, 9.17) is 0 Å². The molecular formula is C24H28Br2. The minimum atomic E-state index is 0.526. The Hall–Kier alpha value is -0.860. The first-order valence-corrected chi connectivity index (χ1v) is 11.2. The van der Waals surface area contributed by atoms with Gasteiger partial charge in [0, 0.05) is 8.95 Å². The monoisotopic (exact) mass is 474 g/mol. The molecule has 138 valence electrons. The van der Waals surface area contributed by atoms with Crippen LogP contribution in [0.5, 0.6) is 0 Å². The summed E-state index contributed by atoms with van der Waals surface area (Å²) in [5.41, 5.74) is 7.00. The summed E-state index contributed by atoms with van der Waals surface area (Å²) in [4.78, 5) is 0. The van der Waals surface area contributed by atoms with Crippen LogP contribution in [0.2, 0.25) is 0 Å². The molecule has 0 spiro atoms.